The van der Waals surface area contributed by atoms with Gasteiger partial charge in [0.05, 0.1) is 12.2 Å². The van der Waals surface area contributed by atoms with Crippen molar-refractivity contribution in [1.82, 2.24) is 0 Å². The van der Waals surface area contributed by atoms with Gasteiger partial charge in [-0.3, -0.25) is 4.79 Å². The molecule has 2 N–H and O–H groups in total. The van der Waals surface area contributed by atoms with Crippen LogP contribution in [0.5, 0.6) is 0 Å². The number of aliphatic hydroxyl groups excluding tert-OH is 2. The summed E-state index contributed by atoms with van der Waals surface area (Å²) in [5.41, 5.74) is 1.68. The minimum Gasteiger partial charge on any atom is -0.506 e. The highest BCUT2D eigenvalue weighted by Crippen LogP contribution is 2.30. The standard InChI is InChI=1S/C11H8O3S/c12-4-6-1-2-7-8(3-6)11(14)9(5-15)10(7)13/h1-3,5,12,14H,4H2. The molecule has 0 amide bonds. The molecule has 0 aromatic heterocycles. The lowest BCUT2D eigenvalue weighted by molar-refractivity contribution is 0.104. The average Bonchev–Trinajstić information content (AvgIpc) is 2.51. The van der Waals surface area contributed by atoms with Crippen molar-refractivity contribution >= 4 is 29.1 Å². The van der Waals surface area contributed by atoms with Gasteiger partial charge >= 0.3 is 0 Å². The van der Waals surface area contributed by atoms with Crippen LogP contribution in [-0.4, -0.2) is 21.4 Å². The number of allylic oxidation sites excluding steroid dienone is 1. The molecule has 0 radical (unpaired) electrons. The lowest BCUT2D eigenvalue weighted by atomic mass is 10.1. The second-order valence-electron chi connectivity index (χ2n) is 3.25. The van der Waals surface area contributed by atoms with Gasteiger partial charge in [-0.25, -0.2) is 0 Å². The zero-order chi connectivity index (χ0) is 11.0. The molecule has 1 aromatic rings. The smallest absolute Gasteiger partial charge is 0.198 e. The summed E-state index contributed by atoms with van der Waals surface area (Å²) in [7, 11) is 0. The molecule has 0 saturated carbocycles. The summed E-state index contributed by atoms with van der Waals surface area (Å²) in [6, 6.07) is 4.83. The molecule has 3 nitrogen and oxygen atoms in total. The van der Waals surface area contributed by atoms with Gasteiger partial charge < -0.3 is 10.2 Å². The first-order valence-corrected chi connectivity index (χ1v) is 4.83. The normalized spacial score (nSPS) is 14.3. The third-order valence-corrected chi connectivity index (χ3v) is 2.62. The second kappa shape index (κ2) is 3.56. The minimum atomic E-state index is -0.262. The fraction of sp³-hybridized carbons (Fsp3) is 0.0909. The third kappa shape index (κ3) is 1.38. The molecule has 2 rings (SSSR count). The quantitative estimate of drug-likeness (QED) is 0.744. The molecule has 1 aliphatic rings. The molecule has 0 atom stereocenters. The number of aliphatic hydroxyl groups is 2. The molecule has 15 heavy (non-hydrogen) atoms. The molecule has 0 bridgehead atoms. The number of hydrogen-bond acceptors (Lipinski definition) is 4. The van der Waals surface area contributed by atoms with E-state index in [1.165, 1.54) is 5.37 Å². The number of Topliss-reactive ketones (excluding diaryl/α,β-unsaturated/α-hetero) is 1. The predicted octanol–water partition coefficient (Wildman–Crippen LogP) is 1.64. The Bertz CT molecular complexity index is 489. The Kier molecular flexibility index (Phi) is 2.38. The van der Waals surface area contributed by atoms with Crippen LogP contribution < -0.4 is 0 Å². The zero-order valence-electron chi connectivity index (χ0n) is 7.73. The first-order valence-electron chi connectivity index (χ1n) is 4.36. The van der Waals surface area contributed by atoms with Crippen LogP contribution in [0.1, 0.15) is 21.5 Å². The summed E-state index contributed by atoms with van der Waals surface area (Å²) in [6.07, 6.45) is 0. The Labute approximate surface area is 91.7 Å². The van der Waals surface area contributed by atoms with Gasteiger partial charge in [-0.15, -0.1) is 0 Å². The highest BCUT2D eigenvalue weighted by atomic mass is 32.1. The number of ketones is 1. The Morgan fingerprint density at radius 1 is 1.33 bits per heavy atom. The van der Waals surface area contributed by atoms with Crippen LogP contribution in [0.3, 0.4) is 0 Å². The van der Waals surface area contributed by atoms with Gasteiger partial charge in [0.2, 0.25) is 0 Å². The largest absolute Gasteiger partial charge is 0.506 e. The monoisotopic (exact) mass is 220 g/mol. The van der Waals surface area contributed by atoms with Crippen molar-refractivity contribution in [3.63, 3.8) is 0 Å². The van der Waals surface area contributed by atoms with Crippen LogP contribution in [0, 0.1) is 0 Å². The molecule has 0 spiro atoms. The number of carbonyl (C=O) groups excluding carboxylic acids is 1. The first-order chi connectivity index (χ1) is 7.19. The lowest BCUT2D eigenvalue weighted by Gasteiger charge is -2.01. The molecular weight excluding hydrogens is 212 g/mol. The van der Waals surface area contributed by atoms with E-state index in [1.54, 1.807) is 18.2 Å². The number of rotatable bonds is 2. The highest BCUT2D eigenvalue weighted by Gasteiger charge is 2.28. The predicted molar refractivity (Wildman–Crippen MR) is 59.9 cm³/mol. The molecule has 4 heteroatoms. The van der Waals surface area contributed by atoms with E-state index >= 15 is 0 Å². The molecule has 0 heterocycles. The number of carbonyl (C=O) groups is 1. The summed E-state index contributed by atoms with van der Waals surface area (Å²) in [5, 5.41) is 19.8. The number of benzene rings is 1. The summed E-state index contributed by atoms with van der Waals surface area (Å²) in [6.45, 7) is -0.123. The van der Waals surface area contributed by atoms with Crippen LogP contribution in [-0.2, 0) is 6.61 Å². The number of hydrogen-bond donors (Lipinski definition) is 2. The van der Waals surface area contributed by atoms with Gasteiger partial charge in [0, 0.05) is 16.5 Å². The maximum absolute atomic E-state index is 11.7. The van der Waals surface area contributed by atoms with Crippen molar-refractivity contribution < 1.29 is 15.0 Å². The highest BCUT2D eigenvalue weighted by molar-refractivity contribution is 7.79. The number of thiocarbonyl (C=S) groups is 1. The van der Waals surface area contributed by atoms with Gasteiger partial charge in [0.25, 0.3) is 0 Å². The van der Waals surface area contributed by atoms with Crippen LogP contribution >= 0.6 is 12.2 Å². The van der Waals surface area contributed by atoms with Gasteiger partial charge in [0.15, 0.2) is 5.78 Å². The van der Waals surface area contributed by atoms with E-state index in [0.717, 1.165) is 0 Å². The molecule has 0 aliphatic heterocycles. The fourth-order valence-corrected chi connectivity index (χ4v) is 1.81. The fourth-order valence-electron chi connectivity index (χ4n) is 1.59. The van der Waals surface area contributed by atoms with Crippen molar-refractivity contribution in [3.8, 4) is 0 Å². The van der Waals surface area contributed by atoms with Gasteiger partial charge in [-0.1, -0.05) is 18.3 Å². The van der Waals surface area contributed by atoms with E-state index in [0.29, 0.717) is 16.7 Å². The Morgan fingerprint density at radius 2 is 2.07 bits per heavy atom. The van der Waals surface area contributed by atoms with Crippen LogP contribution in [0.2, 0.25) is 0 Å². The van der Waals surface area contributed by atoms with Crippen molar-refractivity contribution in [2.75, 3.05) is 0 Å². The summed E-state index contributed by atoms with van der Waals surface area (Å²) < 4.78 is 0. The zero-order valence-corrected chi connectivity index (χ0v) is 8.54. The van der Waals surface area contributed by atoms with Crippen molar-refractivity contribution in [3.05, 3.63) is 40.5 Å². The maximum atomic E-state index is 11.7. The third-order valence-electron chi connectivity index (χ3n) is 2.38. The Morgan fingerprint density at radius 3 is 2.67 bits per heavy atom. The molecule has 0 fully saturated rings. The van der Waals surface area contributed by atoms with E-state index in [1.807, 2.05) is 0 Å². The molecule has 76 valence electrons. The molecule has 0 unspecified atom stereocenters. The van der Waals surface area contributed by atoms with Crippen LogP contribution in [0.4, 0.5) is 0 Å². The molecule has 1 aliphatic carbocycles. The molecule has 1 aromatic carbocycles. The number of fused-ring (bicyclic) bond motifs is 1. The maximum Gasteiger partial charge on any atom is 0.198 e. The molecule has 0 saturated heterocycles. The molecular formula is C11H8O3S. The van der Waals surface area contributed by atoms with Gasteiger partial charge in [-0.2, -0.15) is 0 Å². The summed E-state index contributed by atoms with van der Waals surface area (Å²) in [5.74, 6) is -0.359. The summed E-state index contributed by atoms with van der Waals surface area (Å²) in [4.78, 5) is 11.7. The van der Waals surface area contributed by atoms with Gasteiger partial charge in [0.1, 0.15) is 5.76 Å². The topological polar surface area (TPSA) is 57.5 Å². The minimum absolute atomic E-state index is 0.0969. The van der Waals surface area contributed by atoms with E-state index < -0.39 is 0 Å². The SMILES string of the molecule is O=C1C(C=S)=C(O)c2cc(CO)ccc21. The van der Waals surface area contributed by atoms with E-state index in [2.05, 4.69) is 12.2 Å². The first kappa shape index (κ1) is 10.0. The van der Waals surface area contributed by atoms with Crippen molar-refractivity contribution in [1.29, 1.82) is 0 Å². The Balaban J connectivity index is 2.64. The average molecular weight is 220 g/mol. The van der Waals surface area contributed by atoms with Crippen LogP contribution in [0.15, 0.2) is 23.8 Å². The van der Waals surface area contributed by atoms with Crippen molar-refractivity contribution in [2.45, 2.75) is 6.61 Å². The summed E-state index contributed by atoms with van der Waals surface area (Å²) >= 11 is 4.66. The van der Waals surface area contributed by atoms with E-state index in [-0.39, 0.29) is 23.7 Å². The van der Waals surface area contributed by atoms with E-state index in [9.17, 15) is 9.90 Å². The lowest BCUT2D eigenvalue weighted by Crippen LogP contribution is -1.98. The van der Waals surface area contributed by atoms with Crippen molar-refractivity contribution in [2.24, 2.45) is 0 Å². The van der Waals surface area contributed by atoms with Gasteiger partial charge in [-0.05, 0) is 17.7 Å². The van der Waals surface area contributed by atoms with Crippen LogP contribution in [0.25, 0.3) is 5.76 Å². The Hall–Kier alpha value is -1.52. The van der Waals surface area contributed by atoms with E-state index in [4.69, 9.17) is 5.11 Å². The second-order valence-corrected chi connectivity index (χ2v) is 3.48.